The SMILES string of the molecule is CC1CCCC(C)N1C(=O)CN1C(=O)CS/C1=C\C(=O)C(C)(C)C. The van der Waals surface area contributed by atoms with Crippen LogP contribution < -0.4 is 0 Å². The van der Waals surface area contributed by atoms with Gasteiger partial charge in [0.1, 0.15) is 6.54 Å². The number of amides is 2. The van der Waals surface area contributed by atoms with Gasteiger partial charge in [0.05, 0.1) is 10.8 Å². The monoisotopic (exact) mass is 352 g/mol. The first-order valence-corrected chi connectivity index (χ1v) is 9.60. The van der Waals surface area contributed by atoms with Crippen LogP contribution in [0.15, 0.2) is 11.1 Å². The first kappa shape index (κ1) is 19.0. The standard InChI is InChI=1S/C18H28N2O3S/c1-12-7-6-8-13(2)20(12)15(22)10-19-16(23)11-24-17(19)9-14(21)18(3,4)5/h9,12-13H,6-8,10-11H2,1-5H3/b17-9-. The summed E-state index contributed by atoms with van der Waals surface area (Å²) >= 11 is 1.34. The lowest BCUT2D eigenvalue weighted by molar-refractivity contribution is -0.141. The summed E-state index contributed by atoms with van der Waals surface area (Å²) in [5.74, 6) is 0.136. The van der Waals surface area contributed by atoms with Gasteiger partial charge < -0.3 is 4.90 Å². The molecule has 0 aliphatic carbocycles. The molecule has 6 heteroatoms. The molecule has 5 nitrogen and oxygen atoms in total. The highest BCUT2D eigenvalue weighted by Gasteiger charge is 2.35. The Labute approximate surface area is 148 Å². The molecule has 0 aromatic heterocycles. The lowest BCUT2D eigenvalue weighted by Gasteiger charge is -2.39. The maximum Gasteiger partial charge on any atom is 0.243 e. The summed E-state index contributed by atoms with van der Waals surface area (Å²) in [5, 5.41) is 0.602. The van der Waals surface area contributed by atoms with E-state index in [9.17, 15) is 14.4 Å². The number of rotatable bonds is 3. The first-order chi connectivity index (χ1) is 11.1. The van der Waals surface area contributed by atoms with Gasteiger partial charge in [-0.3, -0.25) is 19.3 Å². The zero-order chi connectivity index (χ0) is 18.1. The third-order valence-corrected chi connectivity index (χ3v) is 5.70. The maximum absolute atomic E-state index is 12.8. The van der Waals surface area contributed by atoms with Crippen LogP contribution in [0.5, 0.6) is 0 Å². The van der Waals surface area contributed by atoms with Crippen LogP contribution in [0.3, 0.4) is 0 Å². The van der Waals surface area contributed by atoms with Gasteiger partial charge in [-0.05, 0) is 33.1 Å². The fraction of sp³-hybridized carbons (Fsp3) is 0.722. The number of carbonyl (C=O) groups is 3. The fourth-order valence-corrected chi connectivity index (χ4v) is 4.10. The highest BCUT2D eigenvalue weighted by molar-refractivity contribution is 8.04. The normalized spacial score (nSPS) is 27.0. The summed E-state index contributed by atoms with van der Waals surface area (Å²) in [4.78, 5) is 40.6. The van der Waals surface area contributed by atoms with E-state index in [0.29, 0.717) is 10.8 Å². The van der Waals surface area contributed by atoms with Crippen molar-refractivity contribution in [3.05, 3.63) is 11.1 Å². The molecule has 2 aliphatic heterocycles. The van der Waals surface area contributed by atoms with Crippen molar-refractivity contribution in [2.75, 3.05) is 12.3 Å². The van der Waals surface area contributed by atoms with Gasteiger partial charge in [-0.1, -0.05) is 32.5 Å². The number of hydrogen-bond acceptors (Lipinski definition) is 4. The van der Waals surface area contributed by atoms with Crippen molar-refractivity contribution >= 4 is 29.4 Å². The first-order valence-electron chi connectivity index (χ1n) is 8.61. The molecule has 2 unspecified atom stereocenters. The Balaban J connectivity index is 2.13. The number of carbonyl (C=O) groups excluding carboxylic acids is 3. The number of thioether (sulfide) groups is 1. The van der Waals surface area contributed by atoms with Crippen LogP contribution in [0.25, 0.3) is 0 Å². The Kier molecular flexibility index (Phi) is 5.78. The quantitative estimate of drug-likeness (QED) is 0.733. The van der Waals surface area contributed by atoms with Gasteiger partial charge in [-0.2, -0.15) is 0 Å². The highest BCUT2D eigenvalue weighted by atomic mass is 32.2. The largest absolute Gasteiger partial charge is 0.336 e. The number of piperidine rings is 1. The van der Waals surface area contributed by atoms with Gasteiger partial charge >= 0.3 is 0 Å². The fourth-order valence-electron chi connectivity index (χ4n) is 3.16. The van der Waals surface area contributed by atoms with Crippen LogP contribution in [-0.2, 0) is 14.4 Å². The lowest BCUT2D eigenvalue weighted by Crippen LogP contribution is -2.51. The van der Waals surface area contributed by atoms with E-state index in [4.69, 9.17) is 0 Å². The van der Waals surface area contributed by atoms with Crippen LogP contribution >= 0.6 is 11.8 Å². The number of nitrogens with zero attached hydrogens (tertiary/aromatic N) is 2. The van der Waals surface area contributed by atoms with Crippen molar-refractivity contribution in [2.45, 2.75) is 66.0 Å². The summed E-state index contributed by atoms with van der Waals surface area (Å²) in [5.41, 5.74) is -0.495. The van der Waals surface area contributed by atoms with Crippen molar-refractivity contribution in [3.63, 3.8) is 0 Å². The van der Waals surface area contributed by atoms with E-state index >= 15 is 0 Å². The van der Waals surface area contributed by atoms with Crippen molar-refractivity contribution in [2.24, 2.45) is 5.41 Å². The summed E-state index contributed by atoms with van der Waals surface area (Å²) < 4.78 is 0. The van der Waals surface area contributed by atoms with Crippen LogP contribution in [0, 0.1) is 5.41 Å². The Morgan fingerprint density at radius 2 is 1.79 bits per heavy atom. The summed E-state index contributed by atoms with van der Waals surface area (Å²) in [6, 6.07) is 0.408. The minimum absolute atomic E-state index is 0.0281. The van der Waals surface area contributed by atoms with E-state index in [2.05, 4.69) is 13.8 Å². The minimum atomic E-state index is -0.495. The second-order valence-electron chi connectivity index (χ2n) is 7.80. The molecule has 0 aromatic rings. The number of hydrogen-bond donors (Lipinski definition) is 0. The van der Waals surface area contributed by atoms with E-state index < -0.39 is 5.41 Å². The Morgan fingerprint density at radius 1 is 1.21 bits per heavy atom. The average Bonchev–Trinajstić information content (AvgIpc) is 2.79. The van der Waals surface area contributed by atoms with E-state index in [0.717, 1.165) is 19.3 Å². The van der Waals surface area contributed by atoms with E-state index in [1.54, 1.807) is 0 Å². The van der Waals surface area contributed by atoms with Gasteiger partial charge in [-0.15, -0.1) is 0 Å². The molecule has 0 saturated carbocycles. The molecular weight excluding hydrogens is 324 g/mol. The molecular formula is C18H28N2O3S. The van der Waals surface area contributed by atoms with Gasteiger partial charge in [0.2, 0.25) is 11.8 Å². The topological polar surface area (TPSA) is 57.7 Å². The number of likely N-dealkylation sites (tertiary alicyclic amines) is 1. The van der Waals surface area contributed by atoms with Gasteiger partial charge in [0.15, 0.2) is 5.78 Å². The minimum Gasteiger partial charge on any atom is -0.336 e. The van der Waals surface area contributed by atoms with Crippen molar-refractivity contribution < 1.29 is 14.4 Å². The van der Waals surface area contributed by atoms with Crippen LogP contribution in [0.1, 0.15) is 53.9 Å². The second kappa shape index (κ2) is 7.30. The highest BCUT2D eigenvalue weighted by Crippen LogP contribution is 2.31. The predicted molar refractivity (Wildman–Crippen MR) is 96.3 cm³/mol. The third-order valence-electron chi connectivity index (χ3n) is 4.68. The molecule has 0 aromatic carbocycles. The second-order valence-corrected chi connectivity index (χ2v) is 8.79. The van der Waals surface area contributed by atoms with Gasteiger partial charge in [-0.25, -0.2) is 0 Å². The Hall–Kier alpha value is -1.30. The van der Waals surface area contributed by atoms with E-state index in [-0.39, 0.29) is 36.2 Å². The van der Waals surface area contributed by atoms with E-state index in [1.807, 2.05) is 25.7 Å². The Morgan fingerprint density at radius 3 is 2.33 bits per heavy atom. The molecule has 2 aliphatic rings. The summed E-state index contributed by atoms with van der Waals surface area (Å²) in [7, 11) is 0. The van der Waals surface area contributed by atoms with E-state index in [1.165, 1.54) is 22.7 Å². The molecule has 2 saturated heterocycles. The summed E-state index contributed by atoms with van der Waals surface area (Å²) in [6.07, 6.45) is 4.66. The zero-order valence-electron chi connectivity index (χ0n) is 15.3. The Bertz CT molecular complexity index is 555. The van der Waals surface area contributed by atoms with Crippen molar-refractivity contribution in [1.82, 2.24) is 9.80 Å². The molecule has 2 fully saturated rings. The van der Waals surface area contributed by atoms with Crippen LogP contribution in [0.2, 0.25) is 0 Å². The third kappa shape index (κ3) is 4.21. The molecule has 134 valence electrons. The van der Waals surface area contributed by atoms with Crippen LogP contribution in [0.4, 0.5) is 0 Å². The predicted octanol–water partition coefficient (Wildman–Crippen LogP) is 2.81. The molecule has 24 heavy (non-hydrogen) atoms. The van der Waals surface area contributed by atoms with Crippen LogP contribution in [-0.4, -0.2) is 51.8 Å². The number of allylic oxidation sites excluding steroid dienone is 1. The molecule has 2 rings (SSSR count). The molecule has 0 radical (unpaired) electrons. The number of ketones is 1. The molecule has 2 amide bonds. The van der Waals surface area contributed by atoms with Crippen molar-refractivity contribution in [3.8, 4) is 0 Å². The maximum atomic E-state index is 12.8. The lowest BCUT2D eigenvalue weighted by atomic mass is 9.91. The molecule has 2 heterocycles. The molecule has 0 spiro atoms. The van der Waals surface area contributed by atoms with Gasteiger partial charge in [0.25, 0.3) is 0 Å². The molecule has 0 bridgehead atoms. The average molecular weight is 353 g/mol. The smallest absolute Gasteiger partial charge is 0.243 e. The summed E-state index contributed by atoms with van der Waals surface area (Å²) in [6.45, 7) is 9.70. The van der Waals surface area contributed by atoms with Gasteiger partial charge in [0, 0.05) is 23.6 Å². The van der Waals surface area contributed by atoms with Crippen molar-refractivity contribution in [1.29, 1.82) is 0 Å². The molecule has 0 N–H and O–H groups in total. The molecule has 2 atom stereocenters. The zero-order valence-corrected chi connectivity index (χ0v) is 16.1.